The van der Waals surface area contributed by atoms with Crippen LogP contribution in [0.2, 0.25) is 0 Å². The highest BCUT2D eigenvalue weighted by Gasteiger charge is 2.76. The average molecular weight is 1250 g/mol. The first-order valence-corrected chi connectivity index (χ1v) is 28.8. The number of hydrogen-bond donors (Lipinski definition) is 10. The molecule has 0 bridgehead atoms. The third-order valence-electron chi connectivity index (χ3n) is 15.9. The van der Waals surface area contributed by atoms with Gasteiger partial charge in [0.15, 0.2) is 29.5 Å². The molecule has 0 aromatic carbocycles. The first-order chi connectivity index (χ1) is 40.9. The number of amides is 2. The normalized spacial score (nSPS) is 24.7. The van der Waals surface area contributed by atoms with Crippen molar-refractivity contribution in [2.24, 2.45) is 23.5 Å². The van der Waals surface area contributed by atoms with Crippen molar-refractivity contribution in [1.29, 1.82) is 0 Å². The second-order valence-corrected chi connectivity index (χ2v) is 22.8. The van der Waals surface area contributed by atoms with Crippen LogP contribution in [0.4, 0.5) is 0 Å². The topological polar surface area (TPSA) is 494 Å². The number of carboxylic acid groups (broad SMARTS) is 5. The van der Waals surface area contributed by atoms with Gasteiger partial charge < -0.3 is 75.8 Å². The molecule has 2 fully saturated rings. The SMILES string of the molecule is C/C=C(/C)C(=O)O[C@H]1C(C)=C2[C@H]([C@@H]1OC(=O)CCCC)[C@@](C)(OC(C)=O)C[C@H](OC(=O)CCCCC(=O)C[C@H](N)C(=O)N[C@@H](CCC(=O)C[C@@H](CCC(=O)N[C@@H](CCC(=O)C[C@@H](CCC(=O)O)C(=O)O)C(=O)O)C(=O)O)C(=O)O)[C@@]1(O)[C@H]2OC(=O)[C@@]1(C)O. The molecule has 2 aliphatic carbocycles. The fourth-order valence-electron chi connectivity index (χ4n) is 10.8. The molecule has 30 heteroatoms. The summed E-state index contributed by atoms with van der Waals surface area (Å²) in [6.07, 6.45) is -11.8. The number of aliphatic carboxylic acids is 5. The molecule has 1 saturated heterocycles. The van der Waals surface area contributed by atoms with Gasteiger partial charge in [-0.25, -0.2) is 19.2 Å². The number of fused-ring (bicyclic) bond motifs is 3. The zero-order valence-corrected chi connectivity index (χ0v) is 50.2. The van der Waals surface area contributed by atoms with Gasteiger partial charge in [-0.2, -0.15) is 0 Å². The van der Waals surface area contributed by atoms with Crippen molar-refractivity contribution in [2.45, 2.75) is 230 Å². The monoisotopic (exact) mass is 1250 g/mol. The van der Waals surface area contributed by atoms with E-state index in [1.54, 1.807) is 6.92 Å². The second kappa shape index (κ2) is 32.8. The van der Waals surface area contributed by atoms with Crippen LogP contribution < -0.4 is 16.4 Å². The zero-order valence-electron chi connectivity index (χ0n) is 50.2. The Hall–Kier alpha value is -7.99. The molecule has 1 heterocycles. The fourth-order valence-corrected chi connectivity index (χ4v) is 10.8. The van der Waals surface area contributed by atoms with Crippen molar-refractivity contribution in [3.63, 3.8) is 0 Å². The highest BCUT2D eigenvalue weighted by atomic mass is 16.6. The summed E-state index contributed by atoms with van der Waals surface area (Å²) in [5.74, 6) is -20.7. The number of allylic oxidation sites excluding steroid dienone is 1. The molecule has 0 aromatic rings. The molecular formula is C58H81N3O27. The zero-order chi connectivity index (χ0) is 66.8. The number of carbonyl (C=O) groups is 15. The molecule has 0 spiro atoms. The molecule has 3 rings (SSSR count). The van der Waals surface area contributed by atoms with E-state index in [0.29, 0.717) is 12.8 Å². The minimum absolute atomic E-state index is 0.0267. The summed E-state index contributed by atoms with van der Waals surface area (Å²) >= 11 is 0. The van der Waals surface area contributed by atoms with Gasteiger partial charge in [0.2, 0.25) is 11.8 Å². The van der Waals surface area contributed by atoms with Crippen LogP contribution in [0.3, 0.4) is 0 Å². The Morgan fingerprint density at radius 3 is 1.69 bits per heavy atom. The number of carbonyl (C=O) groups excluding carboxylic acids is 10. The van der Waals surface area contributed by atoms with Crippen molar-refractivity contribution in [1.82, 2.24) is 10.6 Å². The standard InChI is InChI=1S/C58H81N3O27/c1-8-10-14-43(70)85-47-45-44(29(4)46(47)86-54(80)28(3)9-2)48-58(83,57(7,82)55(81)87-48)39(27-56(45,6)88-30(5)62)84-42(69)15-12-11-13-33(63)26-36(59)49(71)61-38(53(78)79)21-19-35(65)24-31(50(72)73)16-22-40(66)60-37(52(76)77)20-18-34(64)25-32(51(74)75)17-23-41(67)68/h9,31-32,36-39,45-48,82-83H,8,10-27,59H2,1-7H3,(H,60,66)(H,61,71)(H,67,68)(H,72,73)(H,74,75)(H,76,77)(H,78,79)/b28-9-/t31-,32-,36+,37+,38+,39+,45-,46+,47+,48+,56+,57-,58-/m1/s1. The maximum absolute atomic E-state index is 13.7. The lowest BCUT2D eigenvalue weighted by molar-refractivity contribution is -0.212. The highest BCUT2D eigenvalue weighted by Crippen LogP contribution is 2.57. The smallest absolute Gasteiger partial charge is 0.341 e. The highest BCUT2D eigenvalue weighted by molar-refractivity contribution is 5.92. The van der Waals surface area contributed by atoms with E-state index < -0.39 is 243 Å². The minimum atomic E-state index is -2.84. The Labute approximate surface area is 505 Å². The van der Waals surface area contributed by atoms with Crippen LogP contribution in [0.25, 0.3) is 0 Å². The summed E-state index contributed by atoms with van der Waals surface area (Å²) in [5.41, 5.74) is -1.37. The third-order valence-corrected chi connectivity index (χ3v) is 15.9. The molecule has 13 atom stereocenters. The Kier molecular flexibility index (Phi) is 27.7. The molecule has 490 valence electrons. The molecule has 0 radical (unpaired) electrons. The van der Waals surface area contributed by atoms with Gasteiger partial charge in [-0.1, -0.05) is 19.4 Å². The number of esters is 5. The summed E-state index contributed by atoms with van der Waals surface area (Å²) in [7, 11) is 0. The summed E-state index contributed by atoms with van der Waals surface area (Å²) in [6.45, 7) is 9.74. The van der Waals surface area contributed by atoms with Crippen molar-refractivity contribution in [2.75, 3.05) is 0 Å². The predicted octanol–water partition coefficient (Wildman–Crippen LogP) is 1.47. The van der Waals surface area contributed by atoms with Crippen molar-refractivity contribution in [3.8, 4) is 0 Å². The van der Waals surface area contributed by atoms with Gasteiger partial charge in [-0.05, 0) is 90.7 Å². The van der Waals surface area contributed by atoms with Crippen molar-refractivity contribution >= 4 is 88.9 Å². The molecule has 11 N–H and O–H groups in total. The second-order valence-electron chi connectivity index (χ2n) is 22.8. The molecule has 2 amide bonds. The number of ether oxygens (including phenoxy) is 5. The van der Waals surface area contributed by atoms with Gasteiger partial charge in [0.05, 0.1) is 23.8 Å². The number of rotatable bonds is 38. The van der Waals surface area contributed by atoms with Crippen LogP contribution in [-0.2, 0) is 95.6 Å². The maximum atomic E-state index is 13.7. The molecule has 0 aromatic heterocycles. The van der Waals surface area contributed by atoms with Crippen LogP contribution in [0, 0.1) is 17.8 Å². The number of nitrogens with two attached hydrogens (primary N) is 1. The minimum Gasteiger partial charge on any atom is -0.481 e. The van der Waals surface area contributed by atoms with Crippen LogP contribution >= 0.6 is 0 Å². The van der Waals surface area contributed by atoms with E-state index in [9.17, 15) is 103 Å². The Morgan fingerprint density at radius 1 is 0.670 bits per heavy atom. The first kappa shape index (κ1) is 74.3. The Morgan fingerprint density at radius 2 is 1.18 bits per heavy atom. The Balaban J connectivity index is 1.62. The number of carboxylic acids is 5. The van der Waals surface area contributed by atoms with E-state index in [1.165, 1.54) is 26.8 Å². The third kappa shape index (κ3) is 20.0. The molecule has 0 unspecified atom stereocenters. The number of hydrogen-bond acceptors (Lipinski definition) is 23. The van der Waals surface area contributed by atoms with Crippen molar-refractivity contribution < 1.29 is 131 Å². The number of ketones is 3. The molecule has 1 aliphatic heterocycles. The number of aliphatic hydroxyl groups is 2. The quantitative estimate of drug-likeness (QED) is 0.0138. The first-order valence-electron chi connectivity index (χ1n) is 28.8. The lowest BCUT2D eigenvalue weighted by Crippen LogP contribution is -2.64. The largest absolute Gasteiger partial charge is 0.481 e. The van der Waals surface area contributed by atoms with Crippen molar-refractivity contribution in [3.05, 3.63) is 22.8 Å². The average Bonchev–Trinajstić information content (AvgIpc) is 1.55. The summed E-state index contributed by atoms with van der Waals surface area (Å²) in [5, 5.41) is 76.0. The molecule has 3 aliphatic rings. The fraction of sp³-hybridized carbons (Fsp3) is 0.672. The molecule has 88 heavy (non-hydrogen) atoms. The van der Waals surface area contributed by atoms with E-state index in [-0.39, 0.29) is 48.8 Å². The number of nitrogens with one attached hydrogen (secondary N) is 2. The van der Waals surface area contributed by atoms with E-state index in [4.69, 9.17) is 34.5 Å². The molecule has 30 nitrogen and oxygen atoms in total. The summed E-state index contributed by atoms with van der Waals surface area (Å²) in [4.78, 5) is 189. The number of unbranched alkanes of at least 4 members (excludes halogenated alkanes) is 2. The summed E-state index contributed by atoms with van der Waals surface area (Å²) < 4.78 is 29.4. The van der Waals surface area contributed by atoms with E-state index in [1.807, 2.05) is 6.92 Å². The predicted molar refractivity (Wildman–Crippen MR) is 296 cm³/mol. The van der Waals surface area contributed by atoms with Crippen LogP contribution in [0.15, 0.2) is 22.8 Å². The lowest BCUT2D eigenvalue weighted by Gasteiger charge is -2.41. The van der Waals surface area contributed by atoms with Gasteiger partial charge >= 0.3 is 59.7 Å². The van der Waals surface area contributed by atoms with Gasteiger partial charge in [-0.3, -0.25) is 52.7 Å². The molecular weight excluding hydrogens is 1170 g/mol. The van der Waals surface area contributed by atoms with Crippen LogP contribution in [-0.4, -0.2) is 184 Å². The van der Waals surface area contributed by atoms with Gasteiger partial charge in [-0.15, -0.1) is 0 Å². The van der Waals surface area contributed by atoms with Crippen LogP contribution in [0.5, 0.6) is 0 Å². The van der Waals surface area contributed by atoms with Crippen LogP contribution in [0.1, 0.15) is 170 Å². The maximum Gasteiger partial charge on any atom is 0.341 e. The van der Waals surface area contributed by atoms with Gasteiger partial charge in [0.1, 0.15) is 41.1 Å². The molecule has 1 saturated carbocycles. The number of Topliss-reactive ketones (excluding diaryl/α,β-unsaturated/α-hetero) is 3. The van der Waals surface area contributed by atoms with Gasteiger partial charge in [0, 0.05) is 83.1 Å². The van der Waals surface area contributed by atoms with E-state index in [0.717, 1.165) is 13.8 Å². The summed E-state index contributed by atoms with van der Waals surface area (Å²) in [6, 6.07) is -5.03. The Bertz CT molecular complexity index is 2770. The van der Waals surface area contributed by atoms with Gasteiger partial charge in [0.25, 0.3) is 0 Å². The van der Waals surface area contributed by atoms with E-state index in [2.05, 4.69) is 10.6 Å². The lowest BCUT2D eigenvalue weighted by atomic mass is 9.75. The van der Waals surface area contributed by atoms with E-state index >= 15 is 0 Å².